The molecule has 1 aromatic heterocycles. The van der Waals surface area contributed by atoms with E-state index in [0.717, 1.165) is 37.4 Å². The van der Waals surface area contributed by atoms with E-state index in [1.165, 1.54) is 0 Å². The van der Waals surface area contributed by atoms with Gasteiger partial charge in [-0.1, -0.05) is 0 Å². The van der Waals surface area contributed by atoms with Crippen LogP contribution in [0.4, 0.5) is 5.82 Å². The lowest BCUT2D eigenvalue weighted by Crippen LogP contribution is -2.37. The Morgan fingerprint density at radius 3 is 2.82 bits per heavy atom. The predicted octanol–water partition coefficient (Wildman–Crippen LogP) is 0.763. The Bertz CT molecular complexity index is 351. The molecule has 5 heteroatoms. The van der Waals surface area contributed by atoms with Gasteiger partial charge in [0.1, 0.15) is 12.1 Å². The van der Waals surface area contributed by atoms with Crippen LogP contribution in [-0.4, -0.2) is 47.5 Å². The van der Waals surface area contributed by atoms with Crippen molar-refractivity contribution < 1.29 is 9.84 Å². The van der Waals surface area contributed by atoms with Crippen LogP contribution in [0.15, 0.2) is 12.4 Å². The zero-order valence-electron chi connectivity index (χ0n) is 10.2. The predicted molar refractivity (Wildman–Crippen MR) is 65.0 cm³/mol. The lowest BCUT2D eigenvalue weighted by molar-refractivity contribution is 0.0158. The van der Waals surface area contributed by atoms with E-state index in [2.05, 4.69) is 14.9 Å². The number of hydrogen-bond donors (Lipinski definition) is 1. The van der Waals surface area contributed by atoms with E-state index in [1.807, 2.05) is 13.0 Å². The molecule has 1 aliphatic rings. The van der Waals surface area contributed by atoms with Gasteiger partial charge >= 0.3 is 0 Å². The standard InChI is InChI=1S/C12H19N3O2/c1-10-8-12(14-9-13-10)15-4-2-11(3-5-15)17-7-6-16/h8-9,11,16H,2-7H2,1H3. The summed E-state index contributed by atoms with van der Waals surface area (Å²) in [5.41, 5.74) is 0.994. The van der Waals surface area contributed by atoms with Crippen molar-refractivity contribution in [3.8, 4) is 0 Å². The Balaban J connectivity index is 1.86. The van der Waals surface area contributed by atoms with Crippen LogP contribution in [0.3, 0.4) is 0 Å². The first-order valence-corrected chi connectivity index (χ1v) is 6.05. The third kappa shape index (κ3) is 3.38. The molecule has 0 spiro atoms. The van der Waals surface area contributed by atoms with Crippen molar-refractivity contribution in [2.75, 3.05) is 31.2 Å². The first-order chi connectivity index (χ1) is 8.29. The largest absolute Gasteiger partial charge is 0.394 e. The van der Waals surface area contributed by atoms with Crippen LogP contribution < -0.4 is 4.90 Å². The Hall–Kier alpha value is -1.20. The van der Waals surface area contributed by atoms with Gasteiger partial charge < -0.3 is 14.7 Å². The fourth-order valence-electron chi connectivity index (χ4n) is 2.08. The second-order valence-electron chi connectivity index (χ2n) is 4.30. The van der Waals surface area contributed by atoms with Crippen molar-refractivity contribution in [2.45, 2.75) is 25.9 Å². The van der Waals surface area contributed by atoms with Crippen molar-refractivity contribution in [3.63, 3.8) is 0 Å². The second-order valence-corrected chi connectivity index (χ2v) is 4.30. The lowest BCUT2D eigenvalue weighted by Gasteiger charge is -2.32. The summed E-state index contributed by atoms with van der Waals surface area (Å²) in [6, 6.07) is 2.01. The van der Waals surface area contributed by atoms with E-state index in [9.17, 15) is 0 Å². The molecule has 2 rings (SSSR count). The molecule has 17 heavy (non-hydrogen) atoms. The van der Waals surface area contributed by atoms with Gasteiger partial charge in [0.2, 0.25) is 0 Å². The van der Waals surface area contributed by atoms with Gasteiger partial charge in [-0.05, 0) is 19.8 Å². The van der Waals surface area contributed by atoms with Gasteiger partial charge in [0.25, 0.3) is 0 Å². The number of hydrogen-bond acceptors (Lipinski definition) is 5. The molecule has 0 aromatic carbocycles. The summed E-state index contributed by atoms with van der Waals surface area (Å²) in [4.78, 5) is 10.6. The Morgan fingerprint density at radius 2 is 2.18 bits per heavy atom. The zero-order valence-corrected chi connectivity index (χ0v) is 10.2. The highest BCUT2D eigenvalue weighted by molar-refractivity contribution is 5.39. The molecular formula is C12H19N3O2. The fourth-order valence-corrected chi connectivity index (χ4v) is 2.08. The molecule has 1 N–H and O–H groups in total. The van der Waals surface area contributed by atoms with Gasteiger partial charge in [-0.3, -0.25) is 0 Å². The Labute approximate surface area is 101 Å². The van der Waals surface area contributed by atoms with E-state index in [4.69, 9.17) is 9.84 Å². The van der Waals surface area contributed by atoms with Crippen LogP contribution in [0.1, 0.15) is 18.5 Å². The van der Waals surface area contributed by atoms with Gasteiger partial charge in [0.05, 0.1) is 19.3 Å². The molecular weight excluding hydrogens is 218 g/mol. The van der Waals surface area contributed by atoms with Crippen LogP contribution >= 0.6 is 0 Å². The van der Waals surface area contributed by atoms with Crippen LogP contribution in [0.2, 0.25) is 0 Å². The van der Waals surface area contributed by atoms with E-state index in [1.54, 1.807) is 6.33 Å². The van der Waals surface area contributed by atoms with Crippen molar-refractivity contribution in [3.05, 3.63) is 18.1 Å². The third-order valence-electron chi connectivity index (χ3n) is 3.00. The SMILES string of the molecule is Cc1cc(N2CCC(OCCO)CC2)ncn1. The summed E-state index contributed by atoms with van der Waals surface area (Å²) in [6.45, 7) is 4.42. The molecule has 1 aromatic rings. The molecule has 0 bridgehead atoms. The summed E-state index contributed by atoms with van der Waals surface area (Å²) < 4.78 is 5.53. The first kappa shape index (κ1) is 12.3. The summed E-state index contributed by atoms with van der Waals surface area (Å²) >= 11 is 0. The highest BCUT2D eigenvalue weighted by Crippen LogP contribution is 2.19. The van der Waals surface area contributed by atoms with Gasteiger partial charge in [-0.25, -0.2) is 9.97 Å². The van der Waals surface area contributed by atoms with Gasteiger partial charge in [0, 0.05) is 24.8 Å². The quantitative estimate of drug-likeness (QED) is 0.838. The maximum Gasteiger partial charge on any atom is 0.132 e. The number of aromatic nitrogens is 2. The molecule has 0 saturated carbocycles. The average Bonchev–Trinajstić information content (AvgIpc) is 2.37. The summed E-state index contributed by atoms with van der Waals surface area (Å²) in [6.07, 6.45) is 3.87. The summed E-state index contributed by atoms with van der Waals surface area (Å²) in [5, 5.41) is 8.71. The van der Waals surface area contributed by atoms with Crippen molar-refractivity contribution in [1.29, 1.82) is 0 Å². The maximum absolute atomic E-state index is 8.71. The molecule has 0 unspecified atom stereocenters. The molecule has 0 amide bonds. The number of aliphatic hydroxyl groups is 1. The molecule has 1 saturated heterocycles. The van der Waals surface area contributed by atoms with Crippen LogP contribution in [-0.2, 0) is 4.74 Å². The monoisotopic (exact) mass is 237 g/mol. The zero-order chi connectivity index (χ0) is 12.1. The lowest BCUT2D eigenvalue weighted by atomic mass is 10.1. The second kappa shape index (κ2) is 5.93. The molecule has 2 heterocycles. The van der Waals surface area contributed by atoms with Crippen LogP contribution in [0.25, 0.3) is 0 Å². The fraction of sp³-hybridized carbons (Fsp3) is 0.667. The summed E-state index contributed by atoms with van der Waals surface area (Å²) in [5.74, 6) is 0.998. The van der Waals surface area contributed by atoms with E-state index >= 15 is 0 Å². The number of piperidine rings is 1. The smallest absolute Gasteiger partial charge is 0.132 e. The van der Waals surface area contributed by atoms with Crippen molar-refractivity contribution in [2.24, 2.45) is 0 Å². The summed E-state index contributed by atoms with van der Waals surface area (Å²) in [7, 11) is 0. The maximum atomic E-state index is 8.71. The normalized spacial score (nSPS) is 17.4. The Morgan fingerprint density at radius 1 is 1.41 bits per heavy atom. The first-order valence-electron chi connectivity index (χ1n) is 6.05. The third-order valence-corrected chi connectivity index (χ3v) is 3.00. The van der Waals surface area contributed by atoms with E-state index in [0.29, 0.717) is 6.61 Å². The minimum atomic E-state index is 0.102. The number of anilines is 1. The molecule has 94 valence electrons. The molecule has 0 radical (unpaired) electrons. The van der Waals surface area contributed by atoms with E-state index in [-0.39, 0.29) is 12.7 Å². The van der Waals surface area contributed by atoms with Crippen LogP contribution in [0, 0.1) is 6.92 Å². The highest BCUT2D eigenvalue weighted by atomic mass is 16.5. The van der Waals surface area contributed by atoms with Crippen molar-refractivity contribution >= 4 is 5.82 Å². The number of ether oxygens (including phenoxy) is 1. The molecule has 0 aliphatic carbocycles. The topological polar surface area (TPSA) is 58.5 Å². The number of rotatable bonds is 4. The molecule has 5 nitrogen and oxygen atoms in total. The minimum absolute atomic E-state index is 0.102. The molecule has 1 fully saturated rings. The highest BCUT2D eigenvalue weighted by Gasteiger charge is 2.20. The van der Waals surface area contributed by atoms with Gasteiger partial charge in [-0.15, -0.1) is 0 Å². The van der Waals surface area contributed by atoms with Crippen molar-refractivity contribution in [1.82, 2.24) is 9.97 Å². The number of aryl methyl sites for hydroxylation is 1. The van der Waals surface area contributed by atoms with Gasteiger partial charge in [-0.2, -0.15) is 0 Å². The van der Waals surface area contributed by atoms with Crippen LogP contribution in [0.5, 0.6) is 0 Å². The number of aliphatic hydroxyl groups excluding tert-OH is 1. The minimum Gasteiger partial charge on any atom is -0.394 e. The molecule has 0 atom stereocenters. The van der Waals surface area contributed by atoms with Gasteiger partial charge in [0.15, 0.2) is 0 Å². The Kier molecular flexibility index (Phi) is 4.28. The number of nitrogens with zero attached hydrogens (tertiary/aromatic N) is 3. The van der Waals surface area contributed by atoms with E-state index < -0.39 is 0 Å². The average molecular weight is 237 g/mol. The molecule has 1 aliphatic heterocycles.